The zero-order valence-electron chi connectivity index (χ0n) is 17.6. The van der Waals surface area contributed by atoms with E-state index in [0.717, 1.165) is 40.8 Å². The van der Waals surface area contributed by atoms with Crippen LogP contribution in [0.15, 0.2) is 47.8 Å². The summed E-state index contributed by atoms with van der Waals surface area (Å²) in [6, 6.07) is 14.6. The van der Waals surface area contributed by atoms with Gasteiger partial charge in [0.1, 0.15) is 10.7 Å². The van der Waals surface area contributed by atoms with Crippen LogP contribution in [0, 0.1) is 0 Å². The molecule has 7 nitrogen and oxygen atoms in total. The van der Waals surface area contributed by atoms with Gasteiger partial charge in [-0.05, 0) is 63.0 Å². The second-order valence-corrected chi connectivity index (χ2v) is 8.95. The minimum Gasteiger partial charge on any atom is -0.454 e. The number of benzene rings is 2. The Morgan fingerprint density at radius 2 is 1.97 bits per heavy atom. The highest BCUT2D eigenvalue weighted by Crippen LogP contribution is 2.37. The lowest BCUT2D eigenvalue weighted by Gasteiger charge is -2.22. The van der Waals surface area contributed by atoms with Gasteiger partial charge >= 0.3 is 0 Å². The molecule has 0 amide bonds. The molecule has 1 saturated heterocycles. The van der Waals surface area contributed by atoms with Crippen LogP contribution in [-0.4, -0.2) is 55.0 Å². The highest BCUT2D eigenvalue weighted by atomic mass is 32.1. The van der Waals surface area contributed by atoms with Crippen molar-refractivity contribution in [1.29, 1.82) is 0 Å². The van der Waals surface area contributed by atoms with Crippen LogP contribution in [0.4, 0.5) is 11.4 Å². The molecule has 31 heavy (non-hydrogen) atoms. The molecule has 3 aromatic rings. The molecule has 0 saturated carbocycles. The van der Waals surface area contributed by atoms with Crippen LogP contribution < -0.4 is 19.7 Å². The van der Waals surface area contributed by atoms with Gasteiger partial charge in [-0.15, -0.1) is 11.3 Å². The zero-order chi connectivity index (χ0) is 21.4. The Morgan fingerprint density at radius 1 is 1.16 bits per heavy atom. The number of ether oxygens (including phenoxy) is 2. The van der Waals surface area contributed by atoms with E-state index < -0.39 is 6.23 Å². The molecule has 2 unspecified atom stereocenters. The fourth-order valence-corrected chi connectivity index (χ4v) is 4.81. The number of thiazole rings is 1. The van der Waals surface area contributed by atoms with Gasteiger partial charge in [-0.2, -0.15) is 0 Å². The Hall–Kier alpha value is -2.81. The van der Waals surface area contributed by atoms with Crippen LogP contribution in [0.25, 0.3) is 10.6 Å². The summed E-state index contributed by atoms with van der Waals surface area (Å²) in [5, 5.41) is 16.5. The van der Waals surface area contributed by atoms with Crippen LogP contribution >= 0.6 is 11.3 Å². The van der Waals surface area contributed by atoms with Gasteiger partial charge in [0.15, 0.2) is 17.7 Å². The van der Waals surface area contributed by atoms with Crippen LogP contribution in [0.3, 0.4) is 0 Å². The molecular formula is C23H26N4O3S. The Kier molecular flexibility index (Phi) is 5.43. The lowest BCUT2D eigenvalue weighted by molar-refractivity contribution is 0.174. The SMILES string of the molecule is CN(C)C1CCN(c2ccc(NC(O)c3csc(-c4ccc5c(c4)OCO5)n3)cc2)C1. The van der Waals surface area contributed by atoms with E-state index >= 15 is 0 Å². The molecule has 3 heterocycles. The Balaban J connectivity index is 1.23. The monoisotopic (exact) mass is 438 g/mol. The molecule has 8 heteroatoms. The fraction of sp³-hybridized carbons (Fsp3) is 0.348. The van der Waals surface area contributed by atoms with E-state index in [9.17, 15) is 5.11 Å². The minimum absolute atomic E-state index is 0.247. The van der Waals surface area contributed by atoms with Gasteiger partial charge in [-0.1, -0.05) is 0 Å². The summed E-state index contributed by atoms with van der Waals surface area (Å²) in [6.07, 6.45) is 0.302. The maximum absolute atomic E-state index is 10.6. The van der Waals surface area contributed by atoms with Crippen molar-refractivity contribution in [3.8, 4) is 22.1 Å². The van der Waals surface area contributed by atoms with Crippen molar-refractivity contribution in [3.05, 3.63) is 53.5 Å². The molecule has 0 radical (unpaired) electrons. The van der Waals surface area contributed by atoms with E-state index in [1.807, 2.05) is 35.7 Å². The first kappa shape index (κ1) is 20.1. The summed E-state index contributed by atoms with van der Waals surface area (Å²) in [7, 11) is 4.28. The number of likely N-dealkylation sites (N-methyl/N-ethyl adjacent to an activating group) is 1. The lowest BCUT2D eigenvalue weighted by Crippen LogP contribution is -2.31. The maximum Gasteiger partial charge on any atom is 0.231 e. The van der Waals surface area contributed by atoms with Crippen molar-refractivity contribution in [1.82, 2.24) is 9.88 Å². The van der Waals surface area contributed by atoms with E-state index in [4.69, 9.17) is 9.47 Å². The van der Waals surface area contributed by atoms with E-state index in [-0.39, 0.29) is 6.79 Å². The molecule has 2 aromatic carbocycles. The number of hydrogen-bond donors (Lipinski definition) is 2. The van der Waals surface area contributed by atoms with Crippen molar-refractivity contribution >= 4 is 22.7 Å². The number of aliphatic hydroxyl groups is 1. The molecular weight excluding hydrogens is 412 g/mol. The van der Waals surface area contributed by atoms with E-state index in [2.05, 4.69) is 46.3 Å². The molecule has 162 valence electrons. The number of fused-ring (bicyclic) bond motifs is 1. The standard InChI is InChI=1S/C23H26N4O3S/c1-26(2)18-9-10-27(12-18)17-6-4-16(5-7-17)24-22(28)19-13-31-23(25-19)15-3-8-20-21(11-15)30-14-29-20/h3-8,11,13,18,22,24,28H,9-10,12,14H2,1-2H3. The van der Waals surface area contributed by atoms with E-state index in [1.165, 1.54) is 23.4 Å². The van der Waals surface area contributed by atoms with Gasteiger partial charge in [0.25, 0.3) is 0 Å². The zero-order valence-corrected chi connectivity index (χ0v) is 18.4. The van der Waals surface area contributed by atoms with Crippen molar-refractivity contribution in [2.75, 3.05) is 44.2 Å². The van der Waals surface area contributed by atoms with Crippen molar-refractivity contribution in [3.63, 3.8) is 0 Å². The summed E-state index contributed by atoms with van der Waals surface area (Å²) in [4.78, 5) is 9.30. The predicted octanol–water partition coefficient (Wildman–Crippen LogP) is 3.78. The van der Waals surface area contributed by atoms with Gasteiger partial charge in [0.2, 0.25) is 6.79 Å². The predicted molar refractivity (Wildman–Crippen MR) is 123 cm³/mol. The molecule has 5 rings (SSSR count). The maximum atomic E-state index is 10.6. The first-order valence-electron chi connectivity index (χ1n) is 10.4. The number of aromatic nitrogens is 1. The quantitative estimate of drug-likeness (QED) is 0.568. The minimum atomic E-state index is -0.880. The number of nitrogens with one attached hydrogen (secondary N) is 1. The first-order chi connectivity index (χ1) is 15.1. The summed E-state index contributed by atoms with van der Waals surface area (Å²) < 4.78 is 10.8. The number of rotatable bonds is 6. The second kappa shape index (κ2) is 8.37. The summed E-state index contributed by atoms with van der Waals surface area (Å²) in [5.41, 5.74) is 3.61. The van der Waals surface area contributed by atoms with Crippen LogP contribution in [-0.2, 0) is 0 Å². The Labute approximate surface area is 185 Å². The molecule has 1 aromatic heterocycles. The van der Waals surface area contributed by atoms with Gasteiger partial charge in [0, 0.05) is 41.4 Å². The van der Waals surface area contributed by atoms with Crippen molar-refractivity contribution in [2.45, 2.75) is 18.7 Å². The number of aliphatic hydroxyl groups excluding tert-OH is 1. The van der Waals surface area contributed by atoms with Crippen LogP contribution in [0.2, 0.25) is 0 Å². The van der Waals surface area contributed by atoms with E-state index in [1.54, 1.807) is 0 Å². The average molecular weight is 439 g/mol. The third-order valence-electron chi connectivity index (χ3n) is 5.85. The topological polar surface area (TPSA) is 70.1 Å². The van der Waals surface area contributed by atoms with Gasteiger partial charge in [0.05, 0.1) is 0 Å². The summed E-state index contributed by atoms with van der Waals surface area (Å²) in [5.74, 6) is 1.47. The molecule has 2 N–H and O–H groups in total. The third kappa shape index (κ3) is 4.19. The van der Waals surface area contributed by atoms with E-state index in [0.29, 0.717) is 11.7 Å². The van der Waals surface area contributed by atoms with Crippen LogP contribution in [0.5, 0.6) is 11.5 Å². The molecule has 2 aliphatic heterocycles. The number of hydrogen-bond acceptors (Lipinski definition) is 8. The average Bonchev–Trinajstić information content (AvgIpc) is 3.54. The summed E-state index contributed by atoms with van der Waals surface area (Å²) >= 11 is 1.49. The molecule has 0 spiro atoms. The molecule has 1 fully saturated rings. The van der Waals surface area contributed by atoms with Crippen LogP contribution in [0.1, 0.15) is 18.3 Å². The molecule has 2 atom stereocenters. The van der Waals surface area contributed by atoms with Gasteiger partial charge < -0.3 is 29.7 Å². The normalized spacial score (nSPS) is 18.6. The Bertz CT molecular complexity index is 1050. The first-order valence-corrected chi connectivity index (χ1v) is 11.3. The highest BCUT2D eigenvalue weighted by molar-refractivity contribution is 7.13. The highest BCUT2D eigenvalue weighted by Gasteiger charge is 2.24. The second-order valence-electron chi connectivity index (χ2n) is 8.09. The van der Waals surface area contributed by atoms with Crippen molar-refractivity contribution in [2.24, 2.45) is 0 Å². The molecule has 2 aliphatic rings. The summed E-state index contributed by atoms with van der Waals surface area (Å²) in [6.45, 7) is 2.36. The van der Waals surface area contributed by atoms with Gasteiger partial charge in [-0.25, -0.2) is 4.98 Å². The number of anilines is 2. The molecule has 0 bridgehead atoms. The molecule has 0 aliphatic carbocycles. The lowest BCUT2D eigenvalue weighted by atomic mass is 10.2. The van der Waals surface area contributed by atoms with Crippen molar-refractivity contribution < 1.29 is 14.6 Å². The Morgan fingerprint density at radius 3 is 2.74 bits per heavy atom. The third-order valence-corrected chi connectivity index (χ3v) is 6.76. The smallest absolute Gasteiger partial charge is 0.231 e. The largest absolute Gasteiger partial charge is 0.454 e. The van der Waals surface area contributed by atoms with Gasteiger partial charge in [-0.3, -0.25) is 0 Å². The fourth-order valence-electron chi connectivity index (χ4n) is 3.97. The number of nitrogens with zero attached hydrogens (tertiary/aromatic N) is 3.